The number of hydrogen-bond donors (Lipinski definition) is 1. The molecule has 0 aliphatic carbocycles. The van der Waals surface area contributed by atoms with Crippen molar-refractivity contribution >= 4 is 21.8 Å². The summed E-state index contributed by atoms with van der Waals surface area (Å²) in [5.41, 5.74) is 0.754. The largest absolute Gasteiger partial charge is 0.493 e. The molecule has 0 saturated heterocycles. The fraction of sp³-hybridized carbons (Fsp3) is 0.250. The van der Waals surface area contributed by atoms with E-state index in [-0.39, 0.29) is 28.1 Å². The minimum Gasteiger partial charge on any atom is -0.493 e. The monoisotopic (exact) mass is 431 g/mol. The number of para-hydroxylation sites is 1. The molecule has 1 amide bonds. The van der Waals surface area contributed by atoms with Gasteiger partial charge in [0.2, 0.25) is 5.89 Å². The highest BCUT2D eigenvalue weighted by Gasteiger charge is 2.21. The lowest BCUT2D eigenvalue weighted by molar-refractivity contribution is 0.102. The number of methoxy groups -OCH3 is 2. The number of rotatable bonds is 7. The van der Waals surface area contributed by atoms with E-state index in [2.05, 4.69) is 15.5 Å². The SMILES string of the molecule is COc1cccc(C(=O)Nc2nnc(-c3ccc(S(=O)(=O)C(C)C)cc3)o2)c1OC. The number of benzene rings is 2. The van der Waals surface area contributed by atoms with Crippen molar-refractivity contribution in [3.05, 3.63) is 48.0 Å². The lowest BCUT2D eigenvalue weighted by Crippen LogP contribution is -2.13. The zero-order chi connectivity index (χ0) is 21.9. The maximum atomic E-state index is 12.6. The topological polar surface area (TPSA) is 121 Å². The molecule has 0 bridgehead atoms. The number of ether oxygens (including phenoxy) is 2. The van der Waals surface area contributed by atoms with Crippen LogP contribution < -0.4 is 14.8 Å². The summed E-state index contributed by atoms with van der Waals surface area (Å²) in [6.07, 6.45) is 0. The van der Waals surface area contributed by atoms with Crippen LogP contribution in [-0.4, -0.2) is 44.0 Å². The number of aromatic nitrogens is 2. The summed E-state index contributed by atoms with van der Waals surface area (Å²) < 4.78 is 40.4. The number of sulfone groups is 1. The van der Waals surface area contributed by atoms with E-state index in [0.29, 0.717) is 11.3 Å². The van der Waals surface area contributed by atoms with Crippen molar-refractivity contribution in [1.29, 1.82) is 0 Å². The van der Waals surface area contributed by atoms with Gasteiger partial charge in [0.15, 0.2) is 21.3 Å². The van der Waals surface area contributed by atoms with Gasteiger partial charge in [-0.15, -0.1) is 5.10 Å². The summed E-state index contributed by atoms with van der Waals surface area (Å²) in [4.78, 5) is 12.8. The highest BCUT2D eigenvalue weighted by molar-refractivity contribution is 7.92. The summed E-state index contributed by atoms with van der Waals surface area (Å²) in [6, 6.07) is 10.9. The minimum atomic E-state index is -3.38. The van der Waals surface area contributed by atoms with E-state index in [1.165, 1.54) is 26.4 Å². The Kier molecular flexibility index (Phi) is 6.06. The molecule has 30 heavy (non-hydrogen) atoms. The van der Waals surface area contributed by atoms with Gasteiger partial charge < -0.3 is 13.9 Å². The van der Waals surface area contributed by atoms with Crippen LogP contribution in [0.3, 0.4) is 0 Å². The Bertz CT molecular complexity index is 1150. The Labute approximate surface area is 174 Å². The quantitative estimate of drug-likeness (QED) is 0.605. The molecule has 3 rings (SSSR count). The van der Waals surface area contributed by atoms with Crippen molar-refractivity contribution in [2.45, 2.75) is 24.0 Å². The van der Waals surface area contributed by atoms with Crippen LogP contribution in [0.25, 0.3) is 11.5 Å². The fourth-order valence-electron chi connectivity index (χ4n) is 2.68. The van der Waals surface area contributed by atoms with Crippen LogP contribution >= 0.6 is 0 Å². The zero-order valence-corrected chi connectivity index (χ0v) is 17.7. The van der Waals surface area contributed by atoms with Crippen LogP contribution in [0.2, 0.25) is 0 Å². The summed E-state index contributed by atoms with van der Waals surface area (Å²) in [7, 11) is -0.469. The van der Waals surface area contributed by atoms with E-state index in [0.717, 1.165) is 0 Å². The van der Waals surface area contributed by atoms with Crippen molar-refractivity contribution in [2.24, 2.45) is 0 Å². The Morgan fingerprint density at radius 3 is 2.33 bits per heavy atom. The highest BCUT2D eigenvalue weighted by atomic mass is 32.2. The summed E-state index contributed by atoms with van der Waals surface area (Å²) in [5, 5.41) is 9.70. The zero-order valence-electron chi connectivity index (χ0n) is 16.9. The lowest BCUT2D eigenvalue weighted by atomic mass is 10.1. The average molecular weight is 431 g/mol. The Morgan fingerprint density at radius 2 is 1.73 bits per heavy atom. The Morgan fingerprint density at radius 1 is 1.03 bits per heavy atom. The minimum absolute atomic E-state index is 0.112. The first-order valence-corrected chi connectivity index (χ1v) is 10.5. The molecule has 0 spiro atoms. The van der Waals surface area contributed by atoms with Crippen LogP contribution in [0.5, 0.6) is 11.5 Å². The van der Waals surface area contributed by atoms with Gasteiger partial charge in [0, 0.05) is 5.56 Å². The first kappa shape index (κ1) is 21.3. The van der Waals surface area contributed by atoms with Gasteiger partial charge >= 0.3 is 6.01 Å². The van der Waals surface area contributed by atoms with Crippen molar-refractivity contribution in [2.75, 3.05) is 19.5 Å². The van der Waals surface area contributed by atoms with Crippen LogP contribution in [0.4, 0.5) is 6.01 Å². The molecule has 0 saturated carbocycles. The lowest BCUT2D eigenvalue weighted by Gasteiger charge is -2.11. The maximum Gasteiger partial charge on any atom is 0.322 e. The Hall–Kier alpha value is -3.40. The normalized spacial score (nSPS) is 11.4. The van der Waals surface area contributed by atoms with E-state index in [1.54, 1.807) is 44.2 Å². The van der Waals surface area contributed by atoms with Crippen molar-refractivity contribution in [1.82, 2.24) is 10.2 Å². The van der Waals surface area contributed by atoms with E-state index in [1.807, 2.05) is 0 Å². The number of nitrogens with zero attached hydrogens (tertiary/aromatic N) is 2. The molecule has 0 radical (unpaired) electrons. The van der Waals surface area contributed by atoms with Crippen molar-refractivity contribution in [3.8, 4) is 23.0 Å². The summed E-state index contributed by atoms with van der Waals surface area (Å²) in [5.74, 6) is 0.308. The van der Waals surface area contributed by atoms with Crippen LogP contribution in [-0.2, 0) is 9.84 Å². The van der Waals surface area contributed by atoms with E-state index in [4.69, 9.17) is 13.9 Å². The second-order valence-electron chi connectivity index (χ2n) is 6.53. The van der Waals surface area contributed by atoms with Gasteiger partial charge in [-0.1, -0.05) is 11.2 Å². The molecular formula is C20H21N3O6S. The molecule has 10 heteroatoms. The molecule has 1 aromatic heterocycles. The predicted molar refractivity (Wildman–Crippen MR) is 110 cm³/mol. The van der Waals surface area contributed by atoms with Gasteiger partial charge in [0.1, 0.15) is 0 Å². The van der Waals surface area contributed by atoms with Gasteiger partial charge in [0.05, 0.1) is 29.9 Å². The molecule has 0 unspecified atom stereocenters. The Balaban J connectivity index is 1.80. The number of carbonyl (C=O) groups is 1. The standard InChI is InChI=1S/C20H21N3O6S/c1-12(2)30(25,26)14-10-8-13(9-11-14)19-22-23-20(29-19)21-18(24)15-6-5-7-16(27-3)17(15)28-4/h5-12H,1-4H3,(H,21,23,24). The van der Waals surface area contributed by atoms with Gasteiger partial charge in [-0.2, -0.15) is 0 Å². The maximum absolute atomic E-state index is 12.6. The first-order valence-electron chi connectivity index (χ1n) is 8.98. The third-order valence-corrected chi connectivity index (χ3v) is 6.51. The molecule has 9 nitrogen and oxygen atoms in total. The molecule has 158 valence electrons. The third kappa shape index (κ3) is 4.13. The molecule has 1 N–H and O–H groups in total. The number of carbonyl (C=O) groups excluding carboxylic acids is 1. The first-order chi connectivity index (χ1) is 14.3. The predicted octanol–water partition coefficient (Wildman–Crippen LogP) is 3.19. The molecular weight excluding hydrogens is 410 g/mol. The molecule has 0 atom stereocenters. The smallest absolute Gasteiger partial charge is 0.322 e. The van der Waals surface area contributed by atoms with Crippen LogP contribution in [0, 0.1) is 0 Å². The average Bonchev–Trinajstić information content (AvgIpc) is 3.21. The van der Waals surface area contributed by atoms with Crippen molar-refractivity contribution in [3.63, 3.8) is 0 Å². The van der Waals surface area contributed by atoms with Crippen LogP contribution in [0.1, 0.15) is 24.2 Å². The fourth-order valence-corrected chi connectivity index (χ4v) is 3.74. The third-order valence-electron chi connectivity index (χ3n) is 4.34. The molecule has 0 aliphatic rings. The summed E-state index contributed by atoms with van der Waals surface area (Å²) in [6.45, 7) is 3.24. The number of anilines is 1. The molecule has 3 aromatic rings. The van der Waals surface area contributed by atoms with E-state index in [9.17, 15) is 13.2 Å². The second kappa shape index (κ2) is 8.54. The van der Waals surface area contributed by atoms with Crippen molar-refractivity contribution < 1.29 is 27.1 Å². The molecule has 2 aromatic carbocycles. The van der Waals surface area contributed by atoms with Gasteiger partial charge in [0.25, 0.3) is 5.91 Å². The molecule has 0 fully saturated rings. The molecule has 1 heterocycles. The van der Waals surface area contributed by atoms with E-state index < -0.39 is 21.0 Å². The molecule has 0 aliphatic heterocycles. The second-order valence-corrected chi connectivity index (χ2v) is 9.03. The summed E-state index contributed by atoms with van der Waals surface area (Å²) >= 11 is 0. The van der Waals surface area contributed by atoms with Gasteiger partial charge in [-0.05, 0) is 50.2 Å². The van der Waals surface area contributed by atoms with E-state index >= 15 is 0 Å². The number of hydrogen-bond acceptors (Lipinski definition) is 8. The van der Waals surface area contributed by atoms with Gasteiger partial charge in [-0.3, -0.25) is 10.1 Å². The number of amides is 1. The highest BCUT2D eigenvalue weighted by Crippen LogP contribution is 2.31. The van der Waals surface area contributed by atoms with Crippen LogP contribution in [0.15, 0.2) is 51.8 Å². The number of nitrogens with one attached hydrogen (secondary N) is 1. The van der Waals surface area contributed by atoms with Gasteiger partial charge in [-0.25, -0.2) is 8.42 Å².